The van der Waals surface area contributed by atoms with Gasteiger partial charge in [0.15, 0.2) is 0 Å². The van der Waals surface area contributed by atoms with E-state index in [4.69, 9.17) is 11.6 Å². The molecule has 0 aliphatic carbocycles. The van der Waals surface area contributed by atoms with E-state index in [0.29, 0.717) is 17.3 Å². The molecule has 102 valence electrons. The first-order valence-corrected chi connectivity index (χ1v) is 7.42. The van der Waals surface area contributed by atoms with Crippen molar-refractivity contribution in [1.29, 1.82) is 0 Å². The average molecular weight is 292 g/mol. The smallest absolute Gasteiger partial charge is 0.301 e. The Kier molecular flexibility index (Phi) is 5.87. The van der Waals surface area contributed by atoms with Crippen molar-refractivity contribution >= 4 is 27.5 Å². The molecule has 0 heterocycles. The molecule has 0 amide bonds. The molecule has 7 heteroatoms. The van der Waals surface area contributed by atoms with E-state index >= 15 is 0 Å². The third-order valence-electron chi connectivity index (χ3n) is 2.38. The Morgan fingerprint density at radius 2 is 2.11 bits per heavy atom. The largest absolute Gasteiger partial charge is 0.320 e. The Bertz CT molecular complexity index is 479. The number of anilines is 1. The van der Waals surface area contributed by atoms with E-state index in [9.17, 15) is 8.42 Å². The summed E-state index contributed by atoms with van der Waals surface area (Å²) in [5.74, 6) is 0. The zero-order valence-corrected chi connectivity index (χ0v) is 12.1. The molecule has 0 fully saturated rings. The van der Waals surface area contributed by atoms with Crippen molar-refractivity contribution in [2.45, 2.75) is 6.42 Å². The Hall–Kier alpha value is -0.820. The van der Waals surface area contributed by atoms with Crippen LogP contribution in [0.2, 0.25) is 5.02 Å². The molecule has 0 saturated heterocycles. The Labute approximate surface area is 113 Å². The van der Waals surface area contributed by atoms with Crippen LogP contribution in [-0.2, 0) is 10.2 Å². The maximum absolute atomic E-state index is 12.0. The first-order valence-electron chi connectivity index (χ1n) is 5.60. The van der Waals surface area contributed by atoms with Crippen LogP contribution in [-0.4, -0.2) is 39.9 Å². The Morgan fingerprint density at radius 3 is 2.72 bits per heavy atom. The molecule has 0 radical (unpaired) electrons. The van der Waals surface area contributed by atoms with Crippen LogP contribution in [0.5, 0.6) is 0 Å². The van der Waals surface area contributed by atoms with Crippen molar-refractivity contribution in [3.8, 4) is 0 Å². The van der Waals surface area contributed by atoms with Gasteiger partial charge in [0.2, 0.25) is 0 Å². The van der Waals surface area contributed by atoms with Crippen molar-refractivity contribution < 1.29 is 8.42 Å². The van der Waals surface area contributed by atoms with Gasteiger partial charge < -0.3 is 5.32 Å². The fourth-order valence-corrected chi connectivity index (χ4v) is 2.52. The zero-order chi connectivity index (χ0) is 13.6. The molecule has 1 aromatic rings. The highest BCUT2D eigenvalue weighted by atomic mass is 35.5. The van der Waals surface area contributed by atoms with Crippen LogP contribution in [0.4, 0.5) is 5.69 Å². The predicted octanol–water partition coefficient (Wildman–Crippen LogP) is 1.54. The van der Waals surface area contributed by atoms with E-state index in [1.165, 1.54) is 4.31 Å². The van der Waals surface area contributed by atoms with Gasteiger partial charge in [0.1, 0.15) is 0 Å². The van der Waals surface area contributed by atoms with E-state index in [1.807, 2.05) is 7.05 Å². The van der Waals surface area contributed by atoms with Gasteiger partial charge in [-0.05, 0) is 38.2 Å². The summed E-state index contributed by atoms with van der Waals surface area (Å²) in [6.45, 7) is 1.23. The van der Waals surface area contributed by atoms with Crippen molar-refractivity contribution in [2.75, 3.05) is 31.9 Å². The standard InChI is InChI=1S/C11H18ClN3O2S/c1-13-7-4-8-15(2)18(16,17)14-11-6-3-5-10(12)9-11/h3,5-6,9,13-14H,4,7-8H2,1-2H3. The SMILES string of the molecule is CNCCCN(C)S(=O)(=O)Nc1cccc(Cl)c1. The lowest BCUT2D eigenvalue weighted by molar-refractivity contribution is 0.462. The molecular weight excluding hydrogens is 274 g/mol. The highest BCUT2D eigenvalue weighted by molar-refractivity contribution is 7.90. The number of hydrogen-bond acceptors (Lipinski definition) is 3. The monoisotopic (exact) mass is 291 g/mol. The Morgan fingerprint density at radius 1 is 1.39 bits per heavy atom. The van der Waals surface area contributed by atoms with Crippen molar-refractivity contribution in [1.82, 2.24) is 9.62 Å². The summed E-state index contributed by atoms with van der Waals surface area (Å²) >= 11 is 5.80. The van der Waals surface area contributed by atoms with Crippen molar-refractivity contribution in [3.63, 3.8) is 0 Å². The molecular formula is C11H18ClN3O2S. The number of benzene rings is 1. The third-order valence-corrected chi connectivity index (χ3v) is 4.11. The minimum absolute atomic E-state index is 0.455. The molecule has 18 heavy (non-hydrogen) atoms. The second-order valence-corrected chi connectivity index (χ2v) is 6.11. The number of nitrogens with zero attached hydrogens (tertiary/aromatic N) is 1. The van der Waals surface area contributed by atoms with E-state index in [-0.39, 0.29) is 0 Å². The summed E-state index contributed by atoms with van der Waals surface area (Å²) < 4.78 is 27.7. The minimum atomic E-state index is -3.51. The molecule has 2 N–H and O–H groups in total. The second kappa shape index (κ2) is 6.94. The van der Waals surface area contributed by atoms with Crippen LogP contribution in [0.1, 0.15) is 6.42 Å². The van der Waals surface area contributed by atoms with Gasteiger partial charge in [0.25, 0.3) is 0 Å². The number of halogens is 1. The van der Waals surface area contributed by atoms with Gasteiger partial charge in [0, 0.05) is 18.6 Å². The van der Waals surface area contributed by atoms with Gasteiger partial charge in [-0.2, -0.15) is 12.7 Å². The molecule has 0 saturated carbocycles. The van der Waals surface area contributed by atoms with E-state index in [1.54, 1.807) is 31.3 Å². The van der Waals surface area contributed by atoms with Crippen LogP contribution in [0.15, 0.2) is 24.3 Å². The Balaban J connectivity index is 2.64. The van der Waals surface area contributed by atoms with Gasteiger partial charge in [-0.25, -0.2) is 0 Å². The quantitative estimate of drug-likeness (QED) is 0.749. The molecule has 1 aromatic carbocycles. The average Bonchev–Trinajstić information content (AvgIpc) is 2.28. The lowest BCUT2D eigenvalue weighted by Crippen LogP contribution is -2.34. The predicted molar refractivity (Wildman–Crippen MR) is 75.2 cm³/mol. The summed E-state index contributed by atoms with van der Waals surface area (Å²) in [4.78, 5) is 0. The molecule has 0 bridgehead atoms. The summed E-state index contributed by atoms with van der Waals surface area (Å²) in [6, 6.07) is 6.61. The molecule has 0 unspecified atom stereocenters. The molecule has 1 rings (SSSR count). The number of nitrogens with one attached hydrogen (secondary N) is 2. The van der Waals surface area contributed by atoms with Gasteiger partial charge in [-0.1, -0.05) is 17.7 Å². The summed E-state index contributed by atoms with van der Waals surface area (Å²) in [5.41, 5.74) is 0.461. The number of hydrogen-bond donors (Lipinski definition) is 2. The van der Waals surface area contributed by atoms with Crippen molar-refractivity contribution in [3.05, 3.63) is 29.3 Å². The summed E-state index contributed by atoms with van der Waals surface area (Å²) in [6.07, 6.45) is 0.753. The highest BCUT2D eigenvalue weighted by Gasteiger charge is 2.16. The van der Waals surface area contributed by atoms with Gasteiger partial charge >= 0.3 is 10.2 Å². The summed E-state index contributed by atoms with van der Waals surface area (Å²) in [5, 5.41) is 3.47. The highest BCUT2D eigenvalue weighted by Crippen LogP contribution is 2.16. The second-order valence-electron chi connectivity index (χ2n) is 3.90. The minimum Gasteiger partial charge on any atom is -0.320 e. The molecule has 0 spiro atoms. The first kappa shape index (κ1) is 15.2. The van der Waals surface area contributed by atoms with Crippen LogP contribution >= 0.6 is 11.6 Å². The maximum Gasteiger partial charge on any atom is 0.301 e. The lowest BCUT2D eigenvalue weighted by Gasteiger charge is -2.18. The van der Waals surface area contributed by atoms with E-state index in [0.717, 1.165) is 13.0 Å². The van der Waals surface area contributed by atoms with Gasteiger partial charge in [0.05, 0.1) is 5.69 Å². The van der Waals surface area contributed by atoms with E-state index < -0.39 is 10.2 Å². The van der Waals surface area contributed by atoms with Crippen LogP contribution in [0, 0.1) is 0 Å². The van der Waals surface area contributed by atoms with Crippen LogP contribution in [0.3, 0.4) is 0 Å². The summed E-state index contributed by atoms with van der Waals surface area (Å²) in [7, 11) is -0.137. The van der Waals surface area contributed by atoms with Crippen LogP contribution < -0.4 is 10.0 Å². The normalized spacial score (nSPS) is 11.8. The number of rotatable bonds is 7. The molecule has 0 atom stereocenters. The fraction of sp³-hybridized carbons (Fsp3) is 0.455. The van der Waals surface area contributed by atoms with Gasteiger partial charge in [-0.3, -0.25) is 4.72 Å². The van der Waals surface area contributed by atoms with Gasteiger partial charge in [-0.15, -0.1) is 0 Å². The molecule has 0 aliphatic heterocycles. The first-order chi connectivity index (χ1) is 8.45. The van der Waals surface area contributed by atoms with Crippen molar-refractivity contribution in [2.24, 2.45) is 0 Å². The van der Waals surface area contributed by atoms with E-state index in [2.05, 4.69) is 10.0 Å². The lowest BCUT2D eigenvalue weighted by atomic mass is 10.3. The fourth-order valence-electron chi connectivity index (χ4n) is 1.38. The third kappa shape index (κ3) is 4.81. The molecule has 0 aromatic heterocycles. The molecule has 5 nitrogen and oxygen atoms in total. The topological polar surface area (TPSA) is 61.4 Å². The van der Waals surface area contributed by atoms with Crippen LogP contribution in [0.25, 0.3) is 0 Å². The zero-order valence-electron chi connectivity index (χ0n) is 10.5. The maximum atomic E-state index is 12.0. The molecule has 0 aliphatic rings.